The molecule has 130 valence electrons. The highest BCUT2D eigenvalue weighted by molar-refractivity contribution is 5.85. The third-order valence-electron chi connectivity index (χ3n) is 4.08. The number of nitrogens with one attached hydrogen (secondary N) is 2. The summed E-state index contributed by atoms with van der Waals surface area (Å²) in [5.74, 6) is 1.23. The Hall–Kier alpha value is -1.26. The fraction of sp³-hybridized carbons (Fsp3) is 0.611. The molecule has 23 heavy (non-hydrogen) atoms. The predicted molar refractivity (Wildman–Crippen MR) is 96.5 cm³/mol. The molecule has 1 aromatic rings. The summed E-state index contributed by atoms with van der Waals surface area (Å²) >= 11 is 0. The Bertz CT molecular complexity index is 477. The first-order chi connectivity index (χ1) is 10.4. The first kappa shape index (κ1) is 19.8. The van der Waals surface area contributed by atoms with Gasteiger partial charge >= 0.3 is 0 Å². The number of hydrogen-bond donors (Lipinski definition) is 2. The van der Waals surface area contributed by atoms with E-state index in [9.17, 15) is 4.79 Å². The van der Waals surface area contributed by atoms with Crippen molar-refractivity contribution in [3.05, 3.63) is 29.8 Å². The lowest BCUT2D eigenvalue weighted by atomic mass is 9.87. The maximum atomic E-state index is 11.8. The molecule has 0 saturated carbocycles. The van der Waals surface area contributed by atoms with Crippen LogP contribution in [0.25, 0.3) is 0 Å². The average Bonchev–Trinajstić information content (AvgIpc) is 2.51. The van der Waals surface area contributed by atoms with E-state index < -0.39 is 0 Å². The van der Waals surface area contributed by atoms with Gasteiger partial charge in [0.2, 0.25) is 0 Å². The van der Waals surface area contributed by atoms with Gasteiger partial charge in [-0.25, -0.2) is 0 Å². The van der Waals surface area contributed by atoms with E-state index in [0.29, 0.717) is 5.92 Å². The van der Waals surface area contributed by atoms with Gasteiger partial charge in [-0.1, -0.05) is 32.9 Å². The normalized spacial score (nSPS) is 18.0. The number of piperidine rings is 1. The lowest BCUT2D eigenvalue weighted by Crippen LogP contribution is -2.39. The van der Waals surface area contributed by atoms with Crippen molar-refractivity contribution in [3.63, 3.8) is 0 Å². The van der Waals surface area contributed by atoms with E-state index in [1.54, 1.807) is 0 Å². The maximum absolute atomic E-state index is 11.8. The Morgan fingerprint density at radius 1 is 1.30 bits per heavy atom. The van der Waals surface area contributed by atoms with Crippen LogP contribution in [0, 0.1) is 5.92 Å². The molecule has 1 unspecified atom stereocenters. The van der Waals surface area contributed by atoms with Crippen LogP contribution in [0.5, 0.6) is 5.75 Å². The van der Waals surface area contributed by atoms with Gasteiger partial charge < -0.3 is 15.4 Å². The molecular weight excluding hydrogens is 312 g/mol. The van der Waals surface area contributed by atoms with E-state index in [2.05, 4.69) is 43.5 Å². The Morgan fingerprint density at radius 2 is 2.00 bits per heavy atom. The minimum atomic E-state index is -0.0505. The fourth-order valence-corrected chi connectivity index (χ4v) is 2.61. The van der Waals surface area contributed by atoms with Crippen LogP contribution in [-0.2, 0) is 10.2 Å². The summed E-state index contributed by atoms with van der Waals surface area (Å²) in [5, 5.41) is 6.31. The summed E-state index contributed by atoms with van der Waals surface area (Å²) in [6.45, 7) is 9.43. The SMILES string of the molecule is CC(C)(C)c1ccc(OCC(=O)NCC2CCCNC2)cc1.Cl. The molecule has 0 aliphatic carbocycles. The van der Waals surface area contributed by atoms with Crippen molar-refractivity contribution < 1.29 is 9.53 Å². The largest absolute Gasteiger partial charge is 0.484 e. The van der Waals surface area contributed by atoms with Crippen molar-refractivity contribution in [1.29, 1.82) is 0 Å². The minimum Gasteiger partial charge on any atom is -0.484 e. The molecule has 1 saturated heterocycles. The molecule has 5 heteroatoms. The average molecular weight is 341 g/mol. The highest BCUT2D eigenvalue weighted by atomic mass is 35.5. The van der Waals surface area contributed by atoms with Gasteiger partial charge in [0.15, 0.2) is 6.61 Å². The molecular formula is C18H29ClN2O2. The van der Waals surface area contributed by atoms with Crippen LogP contribution in [0.1, 0.15) is 39.2 Å². The molecule has 1 aliphatic rings. The molecule has 2 rings (SSSR count). The zero-order chi connectivity index (χ0) is 16.0. The Balaban J connectivity index is 0.00000264. The number of amides is 1. The van der Waals surface area contributed by atoms with Crippen LogP contribution in [0.4, 0.5) is 0 Å². The lowest BCUT2D eigenvalue weighted by Gasteiger charge is -2.22. The smallest absolute Gasteiger partial charge is 0.257 e. The Kier molecular flexibility index (Phi) is 7.86. The molecule has 2 N–H and O–H groups in total. The van der Waals surface area contributed by atoms with Crippen molar-refractivity contribution in [2.45, 2.75) is 39.0 Å². The molecule has 1 fully saturated rings. The van der Waals surface area contributed by atoms with Crippen molar-refractivity contribution in [2.75, 3.05) is 26.2 Å². The third kappa shape index (κ3) is 6.80. The minimum absolute atomic E-state index is 0. The summed E-state index contributed by atoms with van der Waals surface area (Å²) in [6, 6.07) is 7.97. The van der Waals surface area contributed by atoms with Gasteiger partial charge in [-0.3, -0.25) is 4.79 Å². The second kappa shape index (κ2) is 9.14. The zero-order valence-corrected chi connectivity index (χ0v) is 15.2. The maximum Gasteiger partial charge on any atom is 0.257 e. The van der Waals surface area contributed by atoms with Gasteiger partial charge in [0.1, 0.15) is 5.75 Å². The van der Waals surface area contributed by atoms with Crippen LogP contribution in [0.2, 0.25) is 0 Å². The highest BCUT2D eigenvalue weighted by Gasteiger charge is 2.15. The van der Waals surface area contributed by atoms with Crippen molar-refractivity contribution in [1.82, 2.24) is 10.6 Å². The number of rotatable bonds is 5. The molecule has 0 bridgehead atoms. The molecule has 1 heterocycles. The van der Waals surface area contributed by atoms with Gasteiger partial charge in [-0.2, -0.15) is 0 Å². The molecule has 0 aromatic heterocycles. The standard InChI is InChI=1S/C18H28N2O2.ClH/c1-18(2,3)15-6-8-16(9-7-15)22-13-17(21)20-12-14-5-4-10-19-11-14;/h6-9,14,19H,4-5,10-13H2,1-3H3,(H,20,21);1H. The molecule has 0 radical (unpaired) electrons. The summed E-state index contributed by atoms with van der Waals surface area (Å²) in [5.41, 5.74) is 1.39. The molecule has 1 amide bonds. The number of carbonyl (C=O) groups is 1. The van der Waals surface area contributed by atoms with E-state index >= 15 is 0 Å². The first-order valence-electron chi connectivity index (χ1n) is 8.16. The zero-order valence-electron chi connectivity index (χ0n) is 14.4. The number of hydrogen-bond acceptors (Lipinski definition) is 3. The van der Waals surface area contributed by atoms with Crippen LogP contribution in [-0.4, -0.2) is 32.1 Å². The summed E-state index contributed by atoms with van der Waals surface area (Å²) in [6.07, 6.45) is 2.37. The number of carbonyl (C=O) groups excluding carboxylic acids is 1. The van der Waals surface area contributed by atoms with Gasteiger partial charge in [0.25, 0.3) is 5.91 Å². The van der Waals surface area contributed by atoms with Gasteiger partial charge in [-0.05, 0) is 55.0 Å². The monoisotopic (exact) mass is 340 g/mol. The second-order valence-electron chi connectivity index (χ2n) is 7.08. The molecule has 1 aromatic carbocycles. The summed E-state index contributed by atoms with van der Waals surface area (Å²) < 4.78 is 5.55. The Labute approximate surface area is 145 Å². The van der Waals surface area contributed by atoms with E-state index in [1.165, 1.54) is 18.4 Å². The summed E-state index contributed by atoms with van der Waals surface area (Å²) in [4.78, 5) is 11.8. The predicted octanol–water partition coefficient (Wildman–Crippen LogP) is 2.90. The molecule has 0 spiro atoms. The van der Waals surface area contributed by atoms with E-state index in [4.69, 9.17) is 4.74 Å². The van der Waals surface area contributed by atoms with E-state index in [1.807, 2.05) is 12.1 Å². The van der Waals surface area contributed by atoms with Gasteiger partial charge in [0, 0.05) is 6.54 Å². The van der Waals surface area contributed by atoms with Crippen molar-refractivity contribution >= 4 is 18.3 Å². The van der Waals surface area contributed by atoms with Crippen molar-refractivity contribution in [2.24, 2.45) is 5.92 Å². The van der Waals surface area contributed by atoms with Crippen LogP contribution >= 0.6 is 12.4 Å². The molecule has 1 atom stereocenters. The topological polar surface area (TPSA) is 50.4 Å². The van der Waals surface area contributed by atoms with Gasteiger partial charge in [-0.15, -0.1) is 12.4 Å². The van der Waals surface area contributed by atoms with Crippen LogP contribution in [0.15, 0.2) is 24.3 Å². The Morgan fingerprint density at radius 3 is 2.57 bits per heavy atom. The van der Waals surface area contributed by atoms with Crippen molar-refractivity contribution in [3.8, 4) is 5.75 Å². The fourth-order valence-electron chi connectivity index (χ4n) is 2.61. The van der Waals surface area contributed by atoms with Crippen LogP contribution in [0.3, 0.4) is 0 Å². The van der Waals surface area contributed by atoms with Crippen LogP contribution < -0.4 is 15.4 Å². The van der Waals surface area contributed by atoms with E-state index in [-0.39, 0.29) is 30.3 Å². The number of halogens is 1. The quantitative estimate of drug-likeness (QED) is 0.866. The number of ether oxygens (including phenoxy) is 1. The summed E-state index contributed by atoms with van der Waals surface area (Å²) in [7, 11) is 0. The molecule has 1 aliphatic heterocycles. The first-order valence-corrected chi connectivity index (χ1v) is 8.16. The number of benzene rings is 1. The highest BCUT2D eigenvalue weighted by Crippen LogP contribution is 2.24. The van der Waals surface area contributed by atoms with E-state index in [0.717, 1.165) is 25.4 Å². The lowest BCUT2D eigenvalue weighted by molar-refractivity contribution is -0.123. The van der Waals surface area contributed by atoms with Gasteiger partial charge in [0.05, 0.1) is 0 Å². The second-order valence-corrected chi connectivity index (χ2v) is 7.08. The molecule has 4 nitrogen and oxygen atoms in total. The third-order valence-corrected chi connectivity index (χ3v) is 4.08.